The third-order valence-corrected chi connectivity index (χ3v) is 5.61. The van der Waals surface area contributed by atoms with E-state index in [0.717, 1.165) is 37.9 Å². The fraction of sp³-hybridized carbons (Fsp3) is 0.579. The maximum atomic E-state index is 13.3. The number of carbonyl (C=O) groups is 2. The molecular weight excluding hydrogens is 321 g/mol. The molecule has 2 N–H and O–H groups in total. The van der Waals surface area contributed by atoms with Crippen molar-refractivity contribution in [2.75, 3.05) is 19.6 Å². The van der Waals surface area contributed by atoms with Crippen molar-refractivity contribution in [2.45, 2.75) is 43.7 Å². The number of amides is 2. The minimum atomic E-state index is -0.238. The molecule has 0 spiro atoms. The fourth-order valence-electron chi connectivity index (χ4n) is 4.04. The monoisotopic (exact) mass is 345 g/mol. The van der Waals surface area contributed by atoms with Gasteiger partial charge in [0.1, 0.15) is 5.82 Å². The summed E-state index contributed by atoms with van der Waals surface area (Å²) in [7, 11) is 0. The lowest BCUT2D eigenvalue weighted by Crippen LogP contribution is -2.42. The Kier molecular flexibility index (Phi) is 4.46. The molecule has 2 saturated heterocycles. The summed E-state index contributed by atoms with van der Waals surface area (Å²) in [6.07, 6.45) is 3.57. The van der Waals surface area contributed by atoms with Gasteiger partial charge < -0.3 is 15.5 Å². The van der Waals surface area contributed by atoms with Crippen LogP contribution in [0, 0.1) is 11.7 Å². The first kappa shape index (κ1) is 16.5. The molecule has 2 unspecified atom stereocenters. The van der Waals surface area contributed by atoms with Crippen molar-refractivity contribution in [1.82, 2.24) is 15.5 Å². The Hall–Kier alpha value is -1.95. The average molecular weight is 345 g/mol. The van der Waals surface area contributed by atoms with E-state index in [-0.39, 0.29) is 41.6 Å². The number of nitrogens with one attached hydrogen (secondary N) is 2. The zero-order chi connectivity index (χ0) is 17.4. The normalized spacial score (nSPS) is 31.2. The quantitative estimate of drug-likeness (QED) is 0.867. The van der Waals surface area contributed by atoms with E-state index in [9.17, 15) is 14.0 Å². The molecule has 25 heavy (non-hydrogen) atoms. The van der Waals surface area contributed by atoms with Gasteiger partial charge >= 0.3 is 0 Å². The van der Waals surface area contributed by atoms with Crippen molar-refractivity contribution in [1.29, 1.82) is 0 Å². The maximum absolute atomic E-state index is 13.3. The predicted octanol–water partition coefficient (Wildman–Crippen LogP) is 1.40. The Morgan fingerprint density at radius 3 is 2.76 bits per heavy atom. The molecule has 1 aromatic carbocycles. The number of carbonyl (C=O) groups excluding carboxylic acids is 2. The molecule has 3 aliphatic rings. The Balaban J connectivity index is 1.27. The van der Waals surface area contributed by atoms with Crippen molar-refractivity contribution >= 4 is 11.8 Å². The summed E-state index contributed by atoms with van der Waals surface area (Å²) < 4.78 is 13.3. The molecular formula is C19H24FN3O2. The predicted molar refractivity (Wildman–Crippen MR) is 91.4 cm³/mol. The molecule has 1 saturated carbocycles. The Labute approximate surface area is 147 Å². The van der Waals surface area contributed by atoms with Crippen LogP contribution in [0.5, 0.6) is 0 Å². The first-order valence-corrected chi connectivity index (χ1v) is 9.20. The van der Waals surface area contributed by atoms with Crippen molar-refractivity contribution in [2.24, 2.45) is 5.92 Å². The van der Waals surface area contributed by atoms with Gasteiger partial charge in [0.15, 0.2) is 0 Å². The highest BCUT2D eigenvalue weighted by Gasteiger charge is 2.42. The number of likely N-dealkylation sites (tertiary alicyclic amines) is 1. The van der Waals surface area contributed by atoms with E-state index < -0.39 is 0 Å². The lowest BCUT2D eigenvalue weighted by Gasteiger charge is -2.19. The highest BCUT2D eigenvalue weighted by Crippen LogP contribution is 2.41. The van der Waals surface area contributed by atoms with Crippen LogP contribution < -0.4 is 10.6 Å². The minimum absolute atomic E-state index is 0.00752. The molecule has 134 valence electrons. The zero-order valence-corrected chi connectivity index (χ0v) is 14.2. The van der Waals surface area contributed by atoms with Crippen LogP contribution in [0.1, 0.15) is 37.2 Å². The van der Waals surface area contributed by atoms with Gasteiger partial charge in [-0.2, -0.15) is 0 Å². The second-order valence-electron chi connectivity index (χ2n) is 7.44. The number of halogens is 1. The third-order valence-electron chi connectivity index (χ3n) is 5.61. The number of hydrogen-bond donors (Lipinski definition) is 2. The van der Waals surface area contributed by atoms with E-state index in [4.69, 9.17) is 0 Å². The van der Waals surface area contributed by atoms with E-state index in [1.165, 1.54) is 6.07 Å². The van der Waals surface area contributed by atoms with E-state index in [2.05, 4.69) is 10.6 Å². The van der Waals surface area contributed by atoms with E-state index in [1.807, 2.05) is 11.0 Å². The Bertz CT molecular complexity index is 674. The first-order chi connectivity index (χ1) is 12.1. The summed E-state index contributed by atoms with van der Waals surface area (Å²) in [6.45, 7) is 2.23. The van der Waals surface area contributed by atoms with Gasteiger partial charge in [0, 0.05) is 31.6 Å². The zero-order valence-electron chi connectivity index (χ0n) is 14.2. The van der Waals surface area contributed by atoms with Gasteiger partial charge in [-0.15, -0.1) is 0 Å². The molecule has 2 heterocycles. The average Bonchev–Trinajstić information content (AvgIpc) is 3.05. The third kappa shape index (κ3) is 3.54. The summed E-state index contributed by atoms with van der Waals surface area (Å²) in [5.41, 5.74) is 0.942. The molecule has 4 rings (SSSR count). The molecule has 1 aliphatic carbocycles. The summed E-state index contributed by atoms with van der Waals surface area (Å²) in [4.78, 5) is 26.8. The van der Waals surface area contributed by atoms with Gasteiger partial charge in [-0.25, -0.2) is 4.39 Å². The van der Waals surface area contributed by atoms with Crippen LogP contribution in [-0.4, -0.2) is 48.4 Å². The second kappa shape index (κ2) is 6.75. The summed E-state index contributed by atoms with van der Waals surface area (Å²) in [5.74, 6) is -0.0518. The van der Waals surface area contributed by atoms with E-state index in [1.54, 1.807) is 12.1 Å². The Morgan fingerprint density at radius 2 is 2.00 bits per heavy atom. The summed E-state index contributed by atoms with van der Waals surface area (Å²) >= 11 is 0. The maximum Gasteiger partial charge on any atom is 0.239 e. The van der Waals surface area contributed by atoms with Crippen molar-refractivity contribution in [3.8, 4) is 0 Å². The van der Waals surface area contributed by atoms with Crippen LogP contribution in [0.15, 0.2) is 24.3 Å². The molecule has 3 fully saturated rings. The molecule has 0 radical (unpaired) electrons. The number of nitrogens with zero attached hydrogens (tertiary/aromatic N) is 1. The van der Waals surface area contributed by atoms with Crippen LogP contribution in [0.2, 0.25) is 0 Å². The summed E-state index contributed by atoms with van der Waals surface area (Å²) in [5, 5.41) is 6.27. The topological polar surface area (TPSA) is 61.4 Å². The highest BCUT2D eigenvalue weighted by molar-refractivity contribution is 5.86. The van der Waals surface area contributed by atoms with E-state index >= 15 is 0 Å². The van der Waals surface area contributed by atoms with Crippen LogP contribution in [0.4, 0.5) is 4.39 Å². The number of hydrogen-bond acceptors (Lipinski definition) is 3. The SMILES string of the molecule is O=C(NC1CC1c1cccc(F)c1)[C@@H]1CN[C@H](C(=O)N2CCCC2)C1. The standard InChI is InChI=1S/C19H24FN3O2/c20-14-5-3-4-12(8-14)15-10-16(15)22-18(24)13-9-17(21-11-13)19(25)23-6-1-2-7-23/h3-5,8,13,15-17,21H,1-2,6-7,9-11H2,(H,22,24)/t13-,15?,16?,17-/m0/s1. The lowest BCUT2D eigenvalue weighted by atomic mass is 10.0. The van der Waals surface area contributed by atoms with Gasteiger partial charge in [-0.05, 0) is 43.4 Å². The number of benzene rings is 1. The molecule has 0 aromatic heterocycles. The smallest absolute Gasteiger partial charge is 0.239 e. The van der Waals surface area contributed by atoms with Crippen molar-refractivity contribution in [3.05, 3.63) is 35.6 Å². The van der Waals surface area contributed by atoms with Gasteiger partial charge in [0.25, 0.3) is 0 Å². The van der Waals surface area contributed by atoms with Gasteiger partial charge in [-0.3, -0.25) is 9.59 Å². The molecule has 5 nitrogen and oxygen atoms in total. The molecule has 2 amide bonds. The van der Waals surface area contributed by atoms with Gasteiger partial charge in [0.2, 0.25) is 11.8 Å². The van der Waals surface area contributed by atoms with Gasteiger partial charge in [-0.1, -0.05) is 12.1 Å². The molecule has 4 atom stereocenters. The van der Waals surface area contributed by atoms with Gasteiger partial charge in [0.05, 0.1) is 12.0 Å². The van der Waals surface area contributed by atoms with Crippen LogP contribution in [-0.2, 0) is 9.59 Å². The van der Waals surface area contributed by atoms with E-state index in [0.29, 0.717) is 13.0 Å². The fourth-order valence-corrected chi connectivity index (χ4v) is 4.04. The van der Waals surface area contributed by atoms with Crippen LogP contribution in [0.25, 0.3) is 0 Å². The van der Waals surface area contributed by atoms with Crippen LogP contribution in [0.3, 0.4) is 0 Å². The van der Waals surface area contributed by atoms with Crippen molar-refractivity contribution < 1.29 is 14.0 Å². The second-order valence-corrected chi connectivity index (χ2v) is 7.44. The largest absolute Gasteiger partial charge is 0.352 e. The number of rotatable bonds is 4. The molecule has 1 aromatic rings. The first-order valence-electron chi connectivity index (χ1n) is 9.20. The van der Waals surface area contributed by atoms with Crippen LogP contribution >= 0.6 is 0 Å². The Morgan fingerprint density at radius 1 is 1.20 bits per heavy atom. The highest BCUT2D eigenvalue weighted by atomic mass is 19.1. The van der Waals surface area contributed by atoms with Crippen molar-refractivity contribution in [3.63, 3.8) is 0 Å². The minimum Gasteiger partial charge on any atom is -0.352 e. The lowest BCUT2D eigenvalue weighted by molar-refractivity contribution is -0.132. The summed E-state index contributed by atoms with van der Waals surface area (Å²) in [6, 6.07) is 6.44. The molecule has 6 heteroatoms. The molecule has 0 bridgehead atoms. The molecule has 2 aliphatic heterocycles.